The van der Waals surface area contributed by atoms with Crippen molar-refractivity contribution in [2.24, 2.45) is 0 Å². The first-order valence-electron chi connectivity index (χ1n) is 4.29. The van der Waals surface area contributed by atoms with Crippen molar-refractivity contribution in [3.8, 4) is 6.07 Å². The molecule has 0 aliphatic heterocycles. The molecule has 0 N–H and O–H groups in total. The van der Waals surface area contributed by atoms with Crippen molar-refractivity contribution in [2.75, 3.05) is 0 Å². The molecular formula is C10H5F6N. The van der Waals surface area contributed by atoms with Gasteiger partial charge in [-0.2, -0.15) is 31.6 Å². The molecule has 0 fully saturated rings. The van der Waals surface area contributed by atoms with Gasteiger partial charge in [0, 0.05) is 0 Å². The zero-order valence-electron chi connectivity index (χ0n) is 8.10. The van der Waals surface area contributed by atoms with Gasteiger partial charge in [-0.25, -0.2) is 0 Å². The minimum atomic E-state index is -4.89. The summed E-state index contributed by atoms with van der Waals surface area (Å²) in [4.78, 5) is 0. The van der Waals surface area contributed by atoms with E-state index in [1.165, 1.54) is 0 Å². The van der Waals surface area contributed by atoms with E-state index in [9.17, 15) is 26.3 Å². The molecule has 1 atom stereocenters. The molecule has 1 nitrogen and oxygen atoms in total. The fraction of sp³-hybridized carbons (Fsp3) is 0.300. The van der Waals surface area contributed by atoms with Crippen LogP contribution in [0.2, 0.25) is 0 Å². The Hall–Kier alpha value is -1.71. The molecule has 0 spiro atoms. The first-order valence-corrected chi connectivity index (χ1v) is 4.29. The molecule has 17 heavy (non-hydrogen) atoms. The van der Waals surface area contributed by atoms with E-state index >= 15 is 0 Å². The monoisotopic (exact) mass is 253 g/mol. The molecule has 0 saturated carbocycles. The maximum atomic E-state index is 12.3. The fourth-order valence-electron chi connectivity index (χ4n) is 1.23. The van der Waals surface area contributed by atoms with E-state index in [1.807, 2.05) is 0 Å². The van der Waals surface area contributed by atoms with Crippen molar-refractivity contribution in [2.45, 2.75) is 18.3 Å². The Labute approximate surface area is 92.3 Å². The van der Waals surface area contributed by atoms with E-state index in [4.69, 9.17) is 5.26 Å². The average molecular weight is 253 g/mol. The average Bonchev–Trinajstić information content (AvgIpc) is 2.15. The third-order valence-corrected chi connectivity index (χ3v) is 2.00. The second kappa shape index (κ2) is 4.28. The summed E-state index contributed by atoms with van der Waals surface area (Å²) in [7, 11) is 0. The third-order valence-electron chi connectivity index (χ3n) is 2.00. The Morgan fingerprint density at radius 2 is 1.65 bits per heavy atom. The van der Waals surface area contributed by atoms with Crippen molar-refractivity contribution in [3.63, 3.8) is 0 Å². The Morgan fingerprint density at radius 3 is 2.06 bits per heavy atom. The molecule has 0 heterocycles. The van der Waals surface area contributed by atoms with Crippen molar-refractivity contribution >= 4 is 0 Å². The van der Waals surface area contributed by atoms with Crippen LogP contribution in [0.25, 0.3) is 0 Å². The van der Waals surface area contributed by atoms with Gasteiger partial charge >= 0.3 is 12.4 Å². The SMILES string of the molecule is N#CC(c1cccc(C(F)(F)F)c1)C(F)(F)F. The molecule has 7 heteroatoms. The van der Waals surface area contributed by atoms with E-state index < -0.39 is 29.4 Å². The van der Waals surface area contributed by atoms with Crippen molar-refractivity contribution < 1.29 is 26.3 Å². The predicted molar refractivity (Wildman–Crippen MR) is 45.9 cm³/mol. The summed E-state index contributed by atoms with van der Waals surface area (Å²) in [5.74, 6) is -2.55. The van der Waals surface area contributed by atoms with Crippen LogP contribution in [0.5, 0.6) is 0 Å². The van der Waals surface area contributed by atoms with Gasteiger partial charge in [-0.15, -0.1) is 0 Å². The summed E-state index contributed by atoms with van der Waals surface area (Å²) in [6.07, 6.45) is -9.62. The first-order chi connectivity index (χ1) is 7.66. The molecule has 1 rings (SSSR count). The lowest BCUT2D eigenvalue weighted by Gasteiger charge is -2.15. The summed E-state index contributed by atoms with van der Waals surface area (Å²) in [5, 5.41) is 8.36. The van der Waals surface area contributed by atoms with Gasteiger partial charge < -0.3 is 0 Å². The fourth-order valence-corrected chi connectivity index (χ4v) is 1.23. The van der Waals surface area contributed by atoms with Gasteiger partial charge in [-0.05, 0) is 11.6 Å². The lowest BCUT2D eigenvalue weighted by molar-refractivity contribution is -0.141. The Kier molecular flexibility index (Phi) is 3.36. The summed E-state index contributed by atoms with van der Waals surface area (Å²) in [5.41, 5.74) is -1.92. The smallest absolute Gasteiger partial charge is 0.197 e. The number of halogens is 6. The van der Waals surface area contributed by atoms with Crippen LogP contribution in [0.4, 0.5) is 26.3 Å². The van der Waals surface area contributed by atoms with Crippen LogP contribution in [0.1, 0.15) is 17.0 Å². The number of nitrogens with zero attached hydrogens (tertiary/aromatic N) is 1. The molecule has 1 aromatic rings. The number of nitriles is 1. The second-order valence-corrected chi connectivity index (χ2v) is 3.23. The summed E-state index contributed by atoms with van der Waals surface area (Å²) in [6.45, 7) is 0. The number of benzene rings is 1. The number of hydrogen-bond donors (Lipinski definition) is 0. The van der Waals surface area contributed by atoms with Crippen molar-refractivity contribution in [1.82, 2.24) is 0 Å². The molecule has 0 aliphatic carbocycles. The maximum Gasteiger partial charge on any atom is 0.416 e. The summed E-state index contributed by atoms with van der Waals surface area (Å²) < 4.78 is 73.8. The second-order valence-electron chi connectivity index (χ2n) is 3.23. The van der Waals surface area contributed by atoms with Crippen LogP contribution in [0.15, 0.2) is 24.3 Å². The predicted octanol–water partition coefficient (Wildman–Crippen LogP) is 3.87. The molecule has 0 bridgehead atoms. The normalized spacial score (nSPS) is 14.2. The molecule has 1 unspecified atom stereocenters. The minimum absolute atomic E-state index is 0.335. The maximum absolute atomic E-state index is 12.3. The van der Waals surface area contributed by atoms with E-state index in [-0.39, 0.29) is 0 Å². The summed E-state index contributed by atoms with van der Waals surface area (Å²) >= 11 is 0. The first kappa shape index (κ1) is 13.4. The quantitative estimate of drug-likeness (QED) is 0.697. The molecule has 0 amide bonds. The van der Waals surface area contributed by atoms with Crippen molar-refractivity contribution in [3.05, 3.63) is 35.4 Å². The Balaban J connectivity index is 3.21. The molecule has 0 saturated heterocycles. The van der Waals surface area contributed by atoms with Crippen LogP contribution < -0.4 is 0 Å². The van der Waals surface area contributed by atoms with Crippen LogP contribution in [-0.4, -0.2) is 6.18 Å². The lowest BCUT2D eigenvalue weighted by Crippen LogP contribution is -2.19. The topological polar surface area (TPSA) is 23.8 Å². The Bertz CT molecular complexity index is 439. The van der Waals surface area contributed by atoms with Crippen LogP contribution in [-0.2, 0) is 6.18 Å². The van der Waals surface area contributed by atoms with E-state index in [2.05, 4.69) is 0 Å². The van der Waals surface area contributed by atoms with Crippen LogP contribution in [0.3, 0.4) is 0 Å². The molecule has 92 valence electrons. The van der Waals surface area contributed by atoms with Gasteiger partial charge in [0.25, 0.3) is 0 Å². The highest BCUT2D eigenvalue weighted by atomic mass is 19.4. The van der Waals surface area contributed by atoms with E-state index in [1.54, 1.807) is 0 Å². The molecule has 0 aromatic heterocycles. The summed E-state index contributed by atoms with van der Waals surface area (Å²) in [6, 6.07) is 3.61. The minimum Gasteiger partial charge on any atom is -0.197 e. The standard InChI is InChI=1S/C10H5F6N/c11-9(12,13)7-3-1-2-6(4-7)8(5-17)10(14,15)16/h1-4,8H. The van der Waals surface area contributed by atoms with Gasteiger partial charge in [0.1, 0.15) is 0 Å². The van der Waals surface area contributed by atoms with Gasteiger partial charge in [0.05, 0.1) is 11.6 Å². The third kappa shape index (κ3) is 3.12. The zero-order chi connectivity index (χ0) is 13.3. The number of alkyl halides is 6. The Morgan fingerprint density at radius 1 is 1.06 bits per heavy atom. The molecule has 0 radical (unpaired) electrons. The van der Waals surface area contributed by atoms with Gasteiger partial charge in [-0.3, -0.25) is 0 Å². The van der Waals surface area contributed by atoms with Gasteiger partial charge in [-0.1, -0.05) is 18.2 Å². The van der Waals surface area contributed by atoms with E-state index in [0.29, 0.717) is 12.1 Å². The largest absolute Gasteiger partial charge is 0.416 e. The van der Waals surface area contributed by atoms with E-state index in [0.717, 1.165) is 18.2 Å². The lowest BCUT2D eigenvalue weighted by atomic mass is 9.98. The van der Waals surface area contributed by atoms with Gasteiger partial charge in [0.15, 0.2) is 5.92 Å². The highest BCUT2D eigenvalue weighted by molar-refractivity contribution is 5.32. The van der Waals surface area contributed by atoms with Crippen LogP contribution >= 0.6 is 0 Å². The molecule has 1 aromatic carbocycles. The van der Waals surface area contributed by atoms with Crippen LogP contribution in [0, 0.1) is 11.3 Å². The highest BCUT2D eigenvalue weighted by Gasteiger charge is 2.42. The molecule has 0 aliphatic rings. The van der Waals surface area contributed by atoms with Crippen molar-refractivity contribution in [1.29, 1.82) is 5.26 Å². The molecular weight excluding hydrogens is 248 g/mol. The highest BCUT2D eigenvalue weighted by Crippen LogP contribution is 2.37. The number of hydrogen-bond acceptors (Lipinski definition) is 1. The van der Waals surface area contributed by atoms with Gasteiger partial charge in [0.2, 0.25) is 0 Å². The zero-order valence-corrected chi connectivity index (χ0v) is 8.10. The number of rotatable bonds is 1.